The lowest BCUT2D eigenvalue weighted by molar-refractivity contribution is 0.0943. The van der Waals surface area contributed by atoms with Gasteiger partial charge in [0.1, 0.15) is 12.4 Å². The predicted molar refractivity (Wildman–Crippen MR) is 114 cm³/mol. The van der Waals surface area contributed by atoms with E-state index in [2.05, 4.69) is 22.7 Å². The van der Waals surface area contributed by atoms with Crippen LogP contribution in [0.5, 0.6) is 5.75 Å². The third kappa shape index (κ3) is 5.94. The first-order chi connectivity index (χ1) is 14.5. The Morgan fingerprint density at radius 3 is 2.47 bits per heavy atom. The van der Waals surface area contributed by atoms with E-state index in [9.17, 15) is 9.59 Å². The lowest BCUT2D eigenvalue weighted by Crippen LogP contribution is -2.24. The number of benzene rings is 2. The molecule has 0 unspecified atom stereocenters. The summed E-state index contributed by atoms with van der Waals surface area (Å²) in [7, 11) is 0. The third-order valence-corrected chi connectivity index (χ3v) is 4.41. The van der Waals surface area contributed by atoms with Gasteiger partial charge < -0.3 is 19.9 Å². The molecule has 0 aliphatic rings. The molecule has 7 heteroatoms. The topological polar surface area (TPSA) is 93.5 Å². The molecular weight excluding hydrogens is 382 g/mol. The number of carbonyl (C=O) groups is 2. The summed E-state index contributed by atoms with van der Waals surface area (Å²) in [5.41, 5.74) is 2.60. The quantitative estimate of drug-likeness (QED) is 0.515. The number of ether oxygens (including phenoxy) is 1. The van der Waals surface area contributed by atoms with E-state index in [0.717, 1.165) is 18.4 Å². The Kier molecular flexibility index (Phi) is 7.21. The van der Waals surface area contributed by atoms with Crippen molar-refractivity contribution in [1.29, 1.82) is 0 Å². The number of amides is 2. The van der Waals surface area contributed by atoms with E-state index in [1.807, 2.05) is 19.1 Å². The molecule has 0 radical (unpaired) electrons. The van der Waals surface area contributed by atoms with Gasteiger partial charge >= 0.3 is 0 Å². The molecule has 1 aromatic heterocycles. The van der Waals surface area contributed by atoms with Gasteiger partial charge in [0.2, 0.25) is 0 Å². The minimum Gasteiger partial charge on any atom is -0.486 e. The first kappa shape index (κ1) is 21.1. The highest BCUT2D eigenvalue weighted by atomic mass is 16.5. The predicted octanol–water partition coefficient (Wildman–Crippen LogP) is 4.34. The number of anilines is 1. The summed E-state index contributed by atoms with van der Waals surface area (Å²) in [6, 6.07) is 16.0. The number of rotatable bonds is 9. The minimum absolute atomic E-state index is 0.143. The van der Waals surface area contributed by atoms with Gasteiger partial charge in [-0.1, -0.05) is 36.2 Å². The molecule has 0 aliphatic carbocycles. The standard InChI is InChI=1S/C23H25N3O4/c1-3-4-13-24-23(28)21-14-20(30-26-21)15-29-19-11-9-18(10-12-19)25-22(27)17-7-5-16(2)6-8-17/h5-12,14H,3-4,13,15H2,1-2H3,(H,24,28)(H,25,27). The van der Waals surface area contributed by atoms with Crippen LogP contribution in [0.25, 0.3) is 0 Å². The summed E-state index contributed by atoms with van der Waals surface area (Å²) < 4.78 is 10.8. The normalized spacial score (nSPS) is 10.5. The Labute approximate surface area is 175 Å². The molecule has 7 nitrogen and oxygen atoms in total. The molecule has 30 heavy (non-hydrogen) atoms. The molecule has 2 N–H and O–H groups in total. The number of nitrogens with zero attached hydrogens (tertiary/aromatic N) is 1. The Bertz CT molecular complexity index is 978. The SMILES string of the molecule is CCCCNC(=O)c1cc(COc2ccc(NC(=O)c3ccc(C)cc3)cc2)on1. The van der Waals surface area contributed by atoms with Gasteiger partial charge in [-0.05, 0) is 49.7 Å². The molecule has 156 valence electrons. The lowest BCUT2D eigenvalue weighted by atomic mass is 10.1. The summed E-state index contributed by atoms with van der Waals surface area (Å²) in [6.45, 7) is 4.79. The van der Waals surface area contributed by atoms with E-state index in [0.29, 0.717) is 29.3 Å². The summed E-state index contributed by atoms with van der Waals surface area (Å²) in [5.74, 6) is 0.628. The number of hydrogen-bond acceptors (Lipinski definition) is 5. The number of aryl methyl sites for hydroxylation is 1. The molecule has 1 heterocycles. The Morgan fingerprint density at radius 2 is 1.77 bits per heavy atom. The highest BCUT2D eigenvalue weighted by Gasteiger charge is 2.12. The second kappa shape index (κ2) is 10.2. The van der Waals surface area contributed by atoms with Gasteiger partial charge in [0.25, 0.3) is 11.8 Å². The summed E-state index contributed by atoms with van der Waals surface area (Å²) >= 11 is 0. The van der Waals surface area contributed by atoms with Crippen molar-refractivity contribution in [2.24, 2.45) is 0 Å². The fourth-order valence-corrected chi connectivity index (χ4v) is 2.65. The maximum atomic E-state index is 12.3. The molecule has 3 rings (SSSR count). The molecule has 0 saturated carbocycles. The van der Waals surface area contributed by atoms with E-state index in [-0.39, 0.29) is 24.1 Å². The van der Waals surface area contributed by atoms with Gasteiger partial charge in [-0.3, -0.25) is 9.59 Å². The molecule has 0 bridgehead atoms. The van der Waals surface area contributed by atoms with Gasteiger partial charge in [0.15, 0.2) is 11.5 Å². The average Bonchev–Trinajstić information content (AvgIpc) is 3.23. The zero-order valence-electron chi connectivity index (χ0n) is 17.1. The summed E-state index contributed by atoms with van der Waals surface area (Å²) in [5, 5.41) is 9.41. The number of nitrogens with one attached hydrogen (secondary N) is 2. The molecule has 0 saturated heterocycles. The van der Waals surface area contributed by atoms with Crippen LogP contribution in [0, 0.1) is 6.92 Å². The van der Waals surface area contributed by atoms with Crippen LogP contribution in [0.3, 0.4) is 0 Å². The van der Waals surface area contributed by atoms with E-state index in [4.69, 9.17) is 9.26 Å². The number of hydrogen-bond donors (Lipinski definition) is 2. The number of aromatic nitrogens is 1. The van der Waals surface area contributed by atoms with Crippen molar-refractivity contribution in [3.05, 3.63) is 77.2 Å². The second-order valence-electron chi connectivity index (χ2n) is 6.92. The lowest BCUT2D eigenvalue weighted by Gasteiger charge is -2.07. The number of carbonyl (C=O) groups excluding carboxylic acids is 2. The Hall–Kier alpha value is -3.61. The Morgan fingerprint density at radius 1 is 1.03 bits per heavy atom. The number of unbranched alkanes of at least 4 members (excludes halogenated alkanes) is 1. The van der Waals surface area contributed by atoms with Crippen LogP contribution in [-0.4, -0.2) is 23.5 Å². The van der Waals surface area contributed by atoms with Crippen LogP contribution in [-0.2, 0) is 6.61 Å². The molecule has 0 fully saturated rings. The van der Waals surface area contributed by atoms with Gasteiger partial charge in [0, 0.05) is 23.9 Å². The van der Waals surface area contributed by atoms with Crippen molar-refractivity contribution in [3.63, 3.8) is 0 Å². The van der Waals surface area contributed by atoms with E-state index in [1.165, 1.54) is 0 Å². The second-order valence-corrected chi connectivity index (χ2v) is 6.92. The molecule has 0 spiro atoms. The first-order valence-corrected chi connectivity index (χ1v) is 9.90. The van der Waals surface area contributed by atoms with Crippen LogP contribution < -0.4 is 15.4 Å². The molecule has 0 atom stereocenters. The maximum Gasteiger partial charge on any atom is 0.273 e. The van der Waals surface area contributed by atoms with Crippen molar-refractivity contribution in [2.75, 3.05) is 11.9 Å². The molecular formula is C23H25N3O4. The molecule has 3 aromatic rings. The average molecular weight is 407 g/mol. The van der Waals surface area contributed by atoms with Crippen LogP contribution in [0.4, 0.5) is 5.69 Å². The zero-order chi connectivity index (χ0) is 21.3. The van der Waals surface area contributed by atoms with Crippen molar-refractivity contribution >= 4 is 17.5 Å². The first-order valence-electron chi connectivity index (χ1n) is 9.90. The Balaban J connectivity index is 1.49. The van der Waals surface area contributed by atoms with Crippen LogP contribution in [0.1, 0.15) is 51.9 Å². The zero-order valence-corrected chi connectivity index (χ0v) is 17.1. The molecule has 0 aliphatic heterocycles. The van der Waals surface area contributed by atoms with Gasteiger partial charge in [0.05, 0.1) is 0 Å². The largest absolute Gasteiger partial charge is 0.486 e. The van der Waals surface area contributed by atoms with Crippen LogP contribution in [0.15, 0.2) is 59.1 Å². The monoisotopic (exact) mass is 407 g/mol. The summed E-state index contributed by atoms with van der Waals surface area (Å²) in [4.78, 5) is 24.2. The fraction of sp³-hybridized carbons (Fsp3) is 0.261. The summed E-state index contributed by atoms with van der Waals surface area (Å²) in [6.07, 6.45) is 1.92. The highest BCUT2D eigenvalue weighted by Crippen LogP contribution is 2.18. The van der Waals surface area contributed by atoms with Gasteiger partial charge in [-0.15, -0.1) is 0 Å². The van der Waals surface area contributed by atoms with E-state index >= 15 is 0 Å². The maximum absolute atomic E-state index is 12.3. The van der Waals surface area contributed by atoms with Crippen molar-refractivity contribution in [1.82, 2.24) is 10.5 Å². The van der Waals surface area contributed by atoms with Gasteiger partial charge in [-0.25, -0.2) is 0 Å². The minimum atomic E-state index is -0.257. The van der Waals surface area contributed by atoms with Crippen LogP contribution >= 0.6 is 0 Å². The van der Waals surface area contributed by atoms with Crippen molar-refractivity contribution < 1.29 is 18.8 Å². The van der Waals surface area contributed by atoms with Crippen LogP contribution in [0.2, 0.25) is 0 Å². The smallest absolute Gasteiger partial charge is 0.273 e. The van der Waals surface area contributed by atoms with E-state index < -0.39 is 0 Å². The fourth-order valence-electron chi connectivity index (χ4n) is 2.65. The van der Waals surface area contributed by atoms with Crippen molar-refractivity contribution in [3.8, 4) is 5.75 Å². The molecule has 2 amide bonds. The molecule has 2 aromatic carbocycles. The van der Waals surface area contributed by atoms with Crippen molar-refractivity contribution in [2.45, 2.75) is 33.3 Å². The third-order valence-electron chi connectivity index (χ3n) is 4.41. The van der Waals surface area contributed by atoms with E-state index in [1.54, 1.807) is 42.5 Å². The van der Waals surface area contributed by atoms with Gasteiger partial charge in [-0.2, -0.15) is 0 Å². The highest BCUT2D eigenvalue weighted by molar-refractivity contribution is 6.04.